The molecule has 0 saturated carbocycles. The van der Waals surface area contributed by atoms with Crippen LogP contribution in [0.1, 0.15) is 50.4 Å². The number of amides is 3. The summed E-state index contributed by atoms with van der Waals surface area (Å²) in [6.45, 7) is 3.08. The molecule has 35 heavy (non-hydrogen) atoms. The van der Waals surface area contributed by atoms with Crippen LogP contribution in [-0.4, -0.2) is 32.7 Å². The molecule has 0 spiro atoms. The minimum atomic E-state index is -0.693. The van der Waals surface area contributed by atoms with Crippen LogP contribution in [0.5, 0.6) is 0 Å². The van der Waals surface area contributed by atoms with Gasteiger partial charge in [0, 0.05) is 30.8 Å². The number of urea groups is 1. The van der Waals surface area contributed by atoms with Gasteiger partial charge in [-0.1, -0.05) is 44.0 Å². The van der Waals surface area contributed by atoms with Gasteiger partial charge in [0.25, 0.3) is 0 Å². The Morgan fingerprint density at radius 1 is 1.09 bits per heavy atom. The molecule has 2 heterocycles. The molecule has 3 amide bonds. The van der Waals surface area contributed by atoms with Crippen LogP contribution in [0.4, 0.5) is 14.9 Å². The van der Waals surface area contributed by atoms with E-state index in [-0.39, 0.29) is 18.3 Å². The molecular weight excluding hydrogens is 447 g/mol. The maximum absolute atomic E-state index is 13.1. The minimum absolute atomic E-state index is 0.233. The summed E-state index contributed by atoms with van der Waals surface area (Å²) in [4.78, 5) is 25.4. The summed E-state index contributed by atoms with van der Waals surface area (Å²) in [5.41, 5.74) is 2.29. The summed E-state index contributed by atoms with van der Waals surface area (Å²) < 4.78 is 15.2. The van der Waals surface area contributed by atoms with Crippen molar-refractivity contribution in [2.45, 2.75) is 64.6 Å². The molecule has 8 nitrogen and oxygen atoms in total. The van der Waals surface area contributed by atoms with Crippen LogP contribution < -0.4 is 16.0 Å². The van der Waals surface area contributed by atoms with Gasteiger partial charge in [0.2, 0.25) is 5.91 Å². The van der Waals surface area contributed by atoms with E-state index in [1.54, 1.807) is 12.1 Å². The first-order valence-corrected chi connectivity index (χ1v) is 12.2. The summed E-state index contributed by atoms with van der Waals surface area (Å²) in [5.74, 6) is 1.19. The van der Waals surface area contributed by atoms with E-state index in [1.165, 1.54) is 18.6 Å². The number of anilines is 1. The lowest BCUT2D eigenvalue weighted by atomic mass is 10.1. The van der Waals surface area contributed by atoms with E-state index >= 15 is 0 Å². The van der Waals surface area contributed by atoms with Crippen molar-refractivity contribution in [1.29, 1.82) is 0 Å². The Hall–Kier alpha value is -3.75. The zero-order valence-electron chi connectivity index (χ0n) is 19.9. The number of rotatable bonds is 8. The van der Waals surface area contributed by atoms with Gasteiger partial charge >= 0.3 is 6.03 Å². The number of carbonyl (C=O) groups is 2. The van der Waals surface area contributed by atoms with Crippen LogP contribution in [0.2, 0.25) is 0 Å². The molecule has 1 unspecified atom stereocenters. The molecule has 9 heteroatoms. The molecule has 0 saturated heterocycles. The Morgan fingerprint density at radius 3 is 2.71 bits per heavy atom. The number of hydrogen-bond donors (Lipinski definition) is 3. The summed E-state index contributed by atoms with van der Waals surface area (Å²) in [7, 11) is 0. The van der Waals surface area contributed by atoms with Crippen molar-refractivity contribution in [2.24, 2.45) is 0 Å². The Balaban J connectivity index is 1.39. The first-order valence-electron chi connectivity index (χ1n) is 12.2. The van der Waals surface area contributed by atoms with Gasteiger partial charge in [0.05, 0.1) is 0 Å². The Bertz CT molecular complexity index is 1160. The van der Waals surface area contributed by atoms with E-state index in [0.717, 1.165) is 55.0 Å². The molecule has 1 atom stereocenters. The first kappa shape index (κ1) is 24.4. The second kappa shape index (κ2) is 11.6. The number of carbonyl (C=O) groups excluding carboxylic acids is 2. The molecule has 1 aliphatic heterocycles. The van der Waals surface area contributed by atoms with Gasteiger partial charge in [-0.05, 0) is 49.1 Å². The molecule has 4 rings (SSSR count). The SMILES string of the molecule is CCCC(NC(=O)NCc1ccc(F)cc1)C(=O)Nc1cccc(-c2nnc3n2CCCCC3)c1. The lowest BCUT2D eigenvalue weighted by Gasteiger charge is -2.18. The number of nitrogens with one attached hydrogen (secondary N) is 3. The van der Waals surface area contributed by atoms with Crippen molar-refractivity contribution in [3.05, 3.63) is 65.7 Å². The summed E-state index contributed by atoms with van der Waals surface area (Å²) in [6, 6.07) is 12.3. The summed E-state index contributed by atoms with van der Waals surface area (Å²) in [5, 5.41) is 17.2. The largest absolute Gasteiger partial charge is 0.334 e. The number of fused-ring (bicyclic) bond motifs is 1. The number of halogens is 1. The van der Waals surface area contributed by atoms with Gasteiger partial charge in [-0.2, -0.15) is 0 Å². The molecule has 3 aromatic rings. The monoisotopic (exact) mass is 478 g/mol. The maximum atomic E-state index is 13.1. The van der Waals surface area contributed by atoms with E-state index in [1.807, 2.05) is 31.2 Å². The molecule has 1 aromatic heterocycles. The Kier molecular flexibility index (Phi) is 8.07. The number of aromatic nitrogens is 3. The van der Waals surface area contributed by atoms with Crippen molar-refractivity contribution >= 4 is 17.6 Å². The van der Waals surface area contributed by atoms with E-state index in [9.17, 15) is 14.0 Å². The van der Waals surface area contributed by atoms with E-state index < -0.39 is 12.1 Å². The van der Waals surface area contributed by atoms with Crippen molar-refractivity contribution < 1.29 is 14.0 Å². The van der Waals surface area contributed by atoms with Gasteiger partial charge in [0.15, 0.2) is 5.82 Å². The summed E-state index contributed by atoms with van der Waals surface area (Å²) >= 11 is 0. The van der Waals surface area contributed by atoms with Crippen LogP contribution in [0.15, 0.2) is 48.5 Å². The van der Waals surface area contributed by atoms with Gasteiger partial charge in [-0.3, -0.25) is 4.79 Å². The number of nitrogens with zero attached hydrogens (tertiary/aromatic N) is 3. The van der Waals surface area contributed by atoms with Crippen molar-refractivity contribution in [3.8, 4) is 11.4 Å². The highest BCUT2D eigenvalue weighted by Gasteiger charge is 2.21. The molecule has 184 valence electrons. The molecule has 2 aromatic carbocycles. The van der Waals surface area contributed by atoms with Gasteiger partial charge in [-0.15, -0.1) is 10.2 Å². The van der Waals surface area contributed by atoms with Crippen LogP contribution in [-0.2, 0) is 24.3 Å². The molecule has 3 N–H and O–H groups in total. The minimum Gasteiger partial charge on any atom is -0.334 e. The lowest BCUT2D eigenvalue weighted by molar-refractivity contribution is -0.118. The fraction of sp³-hybridized carbons (Fsp3) is 0.385. The normalized spacial score (nSPS) is 13.9. The predicted molar refractivity (Wildman–Crippen MR) is 132 cm³/mol. The zero-order valence-corrected chi connectivity index (χ0v) is 19.9. The van der Waals surface area contributed by atoms with Gasteiger partial charge in [0.1, 0.15) is 17.7 Å². The number of hydrogen-bond acceptors (Lipinski definition) is 4. The van der Waals surface area contributed by atoms with Crippen LogP contribution in [0.3, 0.4) is 0 Å². The van der Waals surface area contributed by atoms with Crippen molar-refractivity contribution in [1.82, 2.24) is 25.4 Å². The lowest BCUT2D eigenvalue weighted by Crippen LogP contribution is -2.47. The average Bonchev–Trinajstić information content (AvgIpc) is 3.11. The number of benzene rings is 2. The topological polar surface area (TPSA) is 101 Å². The fourth-order valence-electron chi connectivity index (χ4n) is 4.22. The highest BCUT2D eigenvalue weighted by Crippen LogP contribution is 2.25. The third-order valence-corrected chi connectivity index (χ3v) is 6.06. The smallest absolute Gasteiger partial charge is 0.315 e. The van der Waals surface area contributed by atoms with Crippen LogP contribution >= 0.6 is 0 Å². The quantitative estimate of drug-likeness (QED) is 0.446. The highest BCUT2D eigenvalue weighted by atomic mass is 19.1. The first-order chi connectivity index (χ1) is 17.0. The highest BCUT2D eigenvalue weighted by molar-refractivity contribution is 5.97. The van der Waals surface area contributed by atoms with Gasteiger partial charge < -0.3 is 20.5 Å². The average molecular weight is 479 g/mol. The molecule has 0 radical (unpaired) electrons. The third kappa shape index (κ3) is 6.44. The number of aryl methyl sites for hydroxylation is 1. The molecular formula is C26H31FN6O2. The second-order valence-electron chi connectivity index (χ2n) is 8.77. The molecule has 0 bridgehead atoms. The van der Waals surface area contributed by atoms with Crippen LogP contribution in [0.25, 0.3) is 11.4 Å². The Labute approximate surface area is 204 Å². The second-order valence-corrected chi connectivity index (χ2v) is 8.77. The summed E-state index contributed by atoms with van der Waals surface area (Å²) in [6.07, 6.45) is 5.55. The standard InChI is InChI=1S/C26H31FN6O2/c1-2-7-22(30-26(35)28-17-18-11-13-20(27)14-12-18)25(34)29-21-9-6-8-19(16-21)24-32-31-23-10-4-3-5-15-33(23)24/h6,8-9,11-14,16,22H,2-5,7,10,15,17H2,1H3,(H,29,34)(H2,28,30,35). The van der Waals surface area contributed by atoms with E-state index in [2.05, 4.69) is 30.7 Å². The van der Waals surface area contributed by atoms with E-state index in [0.29, 0.717) is 12.1 Å². The van der Waals surface area contributed by atoms with E-state index in [4.69, 9.17) is 0 Å². The predicted octanol–water partition coefficient (Wildman–Crippen LogP) is 4.42. The van der Waals surface area contributed by atoms with Gasteiger partial charge in [-0.25, -0.2) is 9.18 Å². The van der Waals surface area contributed by atoms with Crippen LogP contribution in [0, 0.1) is 5.82 Å². The third-order valence-electron chi connectivity index (χ3n) is 6.06. The maximum Gasteiger partial charge on any atom is 0.315 e. The molecule has 0 fully saturated rings. The fourth-order valence-corrected chi connectivity index (χ4v) is 4.22. The zero-order chi connectivity index (χ0) is 24.6. The Morgan fingerprint density at radius 2 is 1.91 bits per heavy atom. The molecule has 0 aliphatic carbocycles. The molecule has 1 aliphatic rings. The van der Waals surface area contributed by atoms with Crippen molar-refractivity contribution in [3.63, 3.8) is 0 Å². The van der Waals surface area contributed by atoms with Crippen molar-refractivity contribution in [2.75, 3.05) is 5.32 Å².